The Balaban J connectivity index is 2.55. The van der Waals surface area contributed by atoms with Crippen molar-refractivity contribution < 1.29 is 9.59 Å². The van der Waals surface area contributed by atoms with E-state index in [1.165, 1.54) is 18.2 Å². The maximum absolute atomic E-state index is 12.8. The van der Waals surface area contributed by atoms with Gasteiger partial charge in [0.2, 0.25) is 0 Å². The van der Waals surface area contributed by atoms with Crippen molar-refractivity contribution in [2.75, 3.05) is 4.90 Å². The van der Waals surface area contributed by atoms with Crippen LogP contribution in [0, 0.1) is 13.8 Å². The first-order valence-corrected chi connectivity index (χ1v) is 7.23. The molecular weight excluding hydrogens is 323 g/mol. The Bertz CT molecular complexity index is 740. The largest absolute Gasteiger partial charge is 0.351 e. The number of halogens is 2. The van der Waals surface area contributed by atoms with Gasteiger partial charge in [-0.2, -0.15) is 0 Å². The predicted molar refractivity (Wildman–Crippen MR) is 88.8 cm³/mol. The van der Waals surface area contributed by atoms with Crippen molar-refractivity contribution in [3.8, 4) is 0 Å². The number of urea groups is 1. The molecule has 0 bridgehead atoms. The van der Waals surface area contributed by atoms with Crippen LogP contribution in [0.2, 0.25) is 10.0 Å². The first-order chi connectivity index (χ1) is 10.3. The third-order valence-corrected chi connectivity index (χ3v) is 4.02. The van der Waals surface area contributed by atoms with Gasteiger partial charge in [-0.25, -0.2) is 9.69 Å². The number of benzene rings is 2. The van der Waals surface area contributed by atoms with E-state index in [-0.39, 0.29) is 10.7 Å². The minimum absolute atomic E-state index is 0.236. The van der Waals surface area contributed by atoms with Crippen LogP contribution in [-0.4, -0.2) is 11.9 Å². The number of amides is 3. The molecule has 22 heavy (non-hydrogen) atoms. The summed E-state index contributed by atoms with van der Waals surface area (Å²) in [5, 5.41) is 0.564. The van der Waals surface area contributed by atoms with E-state index in [1.807, 2.05) is 6.07 Å². The third kappa shape index (κ3) is 3.08. The summed E-state index contributed by atoms with van der Waals surface area (Å²) >= 11 is 11.8. The highest BCUT2D eigenvalue weighted by Crippen LogP contribution is 2.28. The monoisotopic (exact) mass is 336 g/mol. The normalized spacial score (nSPS) is 10.4. The SMILES string of the molecule is Cc1cccc(C)c1C(=O)N(C(N)=O)c1ccc(Cl)c(Cl)c1. The fraction of sp³-hybridized carbons (Fsp3) is 0.125. The van der Waals surface area contributed by atoms with Crippen LogP contribution in [0.4, 0.5) is 10.5 Å². The van der Waals surface area contributed by atoms with E-state index >= 15 is 0 Å². The number of carbonyl (C=O) groups is 2. The van der Waals surface area contributed by atoms with E-state index in [0.29, 0.717) is 10.6 Å². The first kappa shape index (κ1) is 16.3. The molecule has 0 aliphatic heterocycles. The Morgan fingerprint density at radius 2 is 1.59 bits per heavy atom. The molecule has 0 radical (unpaired) electrons. The molecule has 0 aromatic heterocycles. The lowest BCUT2D eigenvalue weighted by molar-refractivity contribution is 0.0994. The van der Waals surface area contributed by atoms with Crippen molar-refractivity contribution in [2.24, 2.45) is 5.73 Å². The molecule has 114 valence electrons. The molecule has 0 fully saturated rings. The summed E-state index contributed by atoms with van der Waals surface area (Å²) in [4.78, 5) is 25.4. The number of carbonyl (C=O) groups excluding carboxylic acids is 2. The van der Waals surface area contributed by atoms with Crippen molar-refractivity contribution >= 4 is 40.8 Å². The fourth-order valence-corrected chi connectivity index (χ4v) is 2.52. The lowest BCUT2D eigenvalue weighted by Crippen LogP contribution is -2.41. The van der Waals surface area contributed by atoms with Crippen molar-refractivity contribution in [3.05, 3.63) is 63.1 Å². The second kappa shape index (κ2) is 6.38. The molecule has 0 aliphatic carbocycles. The Hall–Kier alpha value is -2.04. The highest BCUT2D eigenvalue weighted by Gasteiger charge is 2.25. The molecule has 0 spiro atoms. The van der Waals surface area contributed by atoms with Crippen molar-refractivity contribution in [1.29, 1.82) is 0 Å². The Morgan fingerprint density at radius 3 is 2.09 bits per heavy atom. The zero-order chi connectivity index (χ0) is 16.4. The van der Waals surface area contributed by atoms with E-state index in [9.17, 15) is 9.59 Å². The lowest BCUT2D eigenvalue weighted by Gasteiger charge is -2.21. The van der Waals surface area contributed by atoms with Crippen molar-refractivity contribution in [3.63, 3.8) is 0 Å². The second-order valence-electron chi connectivity index (χ2n) is 4.84. The van der Waals surface area contributed by atoms with E-state index in [4.69, 9.17) is 28.9 Å². The molecule has 4 nitrogen and oxygen atoms in total. The quantitative estimate of drug-likeness (QED) is 0.886. The van der Waals surface area contributed by atoms with Gasteiger partial charge in [0.05, 0.1) is 15.7 Å². The summed E-state index contributed by atoms with van der Waals surface area (Å²) in [7, 11) is 0. The fourth-order valence-electron chi connectivity index (χ4n) is 2.23. The number of rotatable bonds is 2. The molecule has 2 aromatic rings. The summed E-state index contributed by atoms with van der Waals surface area (Å²) in [5.41, 5.74) is 7.62. The maximum Gasteiger partial charge on any atom is 0.326 e. The van der Waals surface area contributed by atoms with Gasteiger partial charge in [0.1, 0.15) is 0 Å². The standard InChI is InChI=1S/C16H14Cl2N2O2/c1-9-4-3-5-10(2)14(9)15(21)20(16(19)22)11-6-7-12(17)13(18)8-11/h3-8H,1-2H3,(H2,19,22). The number of nitrogens with two attached hydrogens (primary N) is 1. The number of aryl methyl sites for hydroxylation is 2. The smallest absolute Gasteiger partial charge is 0.326 e. The Kier molecular flexibility index (Phi) is 4.74. The van der Waals surface area contributed by atoms with Gasteiger partial charge >= 0.3 is 6.03 Å². The van der Waals surface area contributed by atoms with Crippen molar-refractivity contribution in [2.45, 2.75) is 13.8 Å². The van der Waals surface area contributed by atoms with Gasteiger partial charge < -0.3 is 5.73 Å². The predicted octanol–water partition coefficient (Wildman–Crippen LogP) is 4.34. The molecular formula is C16H14Cl2N2O2. The number of nitrogens with zero attached hydrogens (tertiary/aromatic N) is 1. The van der Waals surface area contributed by atoms with Gasteiger partial charge in [-0.3, -0.25) is 4.79 Å². The lowest BCUT2D eigenvalue weighted by atomic mass is 10.0. The molecule has 3 amide bonds. The molecule has 0 unspecified atom stereocenters. The number of imide groups is 1. The van der Waals surface area contributed by atoms with Crippen LogP contribution in [0.25, 0.3) is 0 Å². The summed E-state index contributed by atoms with van der Waals surface area (Å²) in [6, 6.07) is 9.02. The zero-order valence-corrected chi connectivity index (χ0v) is 13.6. The van der Waals surface area contributed by atoms with Crippen molar-refractivity contribution in [1.82, 2.24) is 0 Å². The van der Waals surface area contributed by atoms with Crippen LogP contribution in [0.3, 0.4) is 0 Å². The number of primary amides is 1. The molecule has 0 saturated carbocycles. The zero-order valence-electron chi connectivity index (χ0n) is 12.1. The Morgan fingerprint density at radius 1 is 1.00 bits per heavy atom. The molecule has 2 N–H and O–H groups in total. The maximum atomic E-state index is 12.8. The van der Waals surface area contributed by atoms with E-state index in [0.717, 1.165) is 16.0 Å². The average Bonchev–Trinajstić information content (AvgIpc) is 2.42. The average molecular weight is 337 g/mol. The molecule has 2 rings (SSSR count). The summed E-state index contributed by atoms with van der Waals surface area (Å²) < 4.78 is 0. The molecule has 0 atom stereocenters. The summed E-state index contributed by atoms with van der Waals surface area (Å²) in [6.45, 7) is 3.60. The van der Waals surface area contributed by atoms with E-state index in [1.54, 1.807) is 26.0 Å². The summed E-state index contributed by atoms with van der Waals surface area (Å²) in [6.07, 6.45) is 0. The van der Waals surface area contributed by atoms with Gasteiger partial charge in [0.25, 0.3) is 5.91 Å². The molecule has 6 heteroatoms. The summed E-state index contributed by atoms with van der Waals surface area (Å²) in [5.74, 6) is -0.499. The minimum atomic E-state index is -0.883. The number of hydrogen-bond donors (Lipinski definition) is 1. The van der Waals surface area contributed by atoms with Gasteiger partial charge in [0.15, 0.2) is 0 Å². The van der Waals surface area contributed by atoms with Gasteiger partial charge in [0, 0.05) is 5.56 Å². The topological polar surface area (TPSA) is 63.4 Å². The minimum Gasteiger partial charge on any atom is -0.351 e. The first-order valence-electron chi connectivity index (χ1n) is 6.48. The van der Waals surface area contributed by atoms with Crippen LogP contribution < -0.4 is 10.6 Å². The molecule has 0 aliphatic rings. The van der Waals surface area contributed by atoms with Crippen LogP contribution in [0.1, 0.15) is 21.5 Å². The second-order valence-corrected chi connectivity index (χ2v) is 5.66. The third-order valence-electron chi connectivity index (χ3n) is 3.28. The number of anilines is 1. The van der Waals surface area contributed by atoms with E-state index in [2.05, 4.69) is 0 Å². The van der Waals surface area contributed by atoms with Crippen LogP contribution >= 0.6 is 23.2 Å². The molecule has 0 saturated heterocycles. The number of hydrogen-bond acceptors (Lipinski definition) is 2. The molecule has 2 aromatic carbocycles. The highest BCUT2D eigenvalue weighted by molar-refractivity contribution is 6.42. The molecule has 0 heterocycles. The Labute approximate surface area is 138 Å². The van der Waals surface area contributed by atoms with Crippen LogP contribution in [0.5, 0.6) is 0 Å². The van der Waals surface area contributed by atoms with Crippen LogP contribution in [-0.2, 0) is 0 Å². The highest BCUT2D eigenvalue weighted by atomic mass is 35.5. The van der Waals surface area contributed by atoms with Gasteiger partial charge in [-0.05, 0) is 43.2 Å². The van der Waals surface area contributed by atoms with Gasteiger partial charge in [-0.1, -0.05) is 41.4 Å². The van der Waals surface area contributed by atoms with E-state index < -0.39 is 11.9 Å². The van der Waals surface area contributed by atoms with Crippen LogP contribution in [0.15, 0.2) is 36.4 Å². The van der Waals surface area contributed by atoms with Gasteiger partial charge in [-0.15, -0.1) is 0 Å².